The van der Waals surface area contributed by atoms with Gasteiger partial charge >= 0.3 is 5.69 Å². The summed E-state index contributed by atoms with van der Waals surface area (Å²) in [5.41, 5.74) is 1.32. The van der Waals surface area contributed by atoms with Gasteiger partial charge in [0.1, 0.15) is 0 Å². The van der Waals surface area contributed by atoms with Gasteiger partial charge in [0.15, 0.2) is 0 Å². The van der Waals surface area contributed by atoms with Gasteiger partial charge in [-0.05, 0) is 48.6 Å². The van der Waals surface area contributed by atoms with E-state index in [9.17, 15) is 9.59 Å². The molecular weight excluding hydrogens is 316 g/mol. The molecule has 0 radical (unpaired) electrons. The summed E-state index contributed by atoms with van der Waals surface area (Å²) in [6.07, 6.45) is 5.30. The lowest BCUT2D eigenvalue weighted by molar-refractivity contribution is -0.121. The van der Waals surface area contributed by atoms with Gasteiger partial charge in [0, 0.05) is 18.1 Å². The molecule has 0 saturated carbocycles. The van der Waals surface area contributed by atoms with Crippen LogP contribution in [0.15, 0.2) is 47.5 Å². The van der Waals surface area contributed by atoms with Crippen molar-refractivity contribution in [3.05, 3.63) is 58.8 Å². The van der Waals surface area contributed by atoms with Crippen molar-refractivity contribution in [2.75, 3.05) is 11.9 Å². The molecule has 1 aliphatic heterocycles. The van der Waals surface area contributed by atoms with Gasteiger partial charge in [-0.15, -0.1) is 0 Å². The number of piperidine rings is 1. The van der Waals surface area contributed by atoms with Crippen molar-refractivity contribution in [2.45, 2.75) is 39.3 Å². The highest BCUT2D eigenvalue weighted by molar-refractivity contribution is 5.95. The lowest BCUT2D eigenvalue weighted by Crippen LogP contribution is -2.53. The Bertz CT molecular complexity index is 813. The average molecular weight is 340 g/mol. The van der Waals surface area contributed by atoms with E-state index in [1.54, 1.807) is 12.3 Å². The van der Waals surface area contributed by atoms with E-state index >= 15 is 0 Å². The van der Waals surface area contributed by atoms with Gasteiger partial charge in [-0.25, -0.2) is 9.78 Å². The zero-order valence-electron chi connectivity index (χ0n) is 14.7. The van der Waals surface area contributed by atoms with Crippen LogP contribution in [0.3, 0.4) is 0 Å². The minimum absolute atomic E-state index is 0.0135. The minimum atomic E-state index is -0.287. The van der Waals surface area contributed by atoms with Crippen molar-refractivity contribution in [1.82, 2.24) is 14.9 Å². The van der Waals surface area contributed by atoms with E-state index in [1.807, 2.05) is 24.3 Å². The fraction of sp³-hybridized carbons (Fsp3) is 0.421. The highest BCUT2D eigenvalue weighted by atomic mass is 16.2. The summed E-state index contributed by atoms with van der Waals surface area (Å²) in [7, 11) is 0. The Morgan fingerprint density at radius 3 is 3.00 bits per heavy atom. The minimum Gasteiger partial charge on any atom is -0.325 e. The third-order valence-electron chi connectivity index (χ3n) is 4.72. The average Bonchev–Trinajstić information content (AvgIpc) is 2.57. The van der Waals surface area contributed by atoms with Gasteiger partial charge < -0.3 is 10.6 Å². The molecule has 6 nitrogen and oxygen atoms in total. The molecule has 3 rings (SSSR count). The van der Waals surface area contributed by atoms with Crippen molar-refractivity contribution in [2.24, 2.45) is 5.41 Å². The Morgan fingerprint density at radius 1 is 1.40 bits per heavy atom. The molecule has 0 aliphatic carbocycles. The summed E-state index contributed by atoms with van der Waals surface area (Å²) < 4.78 is 1.53. The second-order valence-corrected chi connectivity index (χ2v) is 7.20. The number of aromatic nitrogens is 2. The standard InChI is InChI=1S/C19H24N4O2/c1-19(2)8-4-9-20-16(19)17(24)22-15-7-3-6-14(12-15)13-23-11-5-10-21-18(23)25/h3,5-7,10-12,16,20H,4,8-9,13H2,1-2H3,(H,22,24). The third-order valence-corrected chi connectivity index (χ3v) is 4.72. The van der Waals surface area contributed by atoms with Crippen LogP contribution in [0.2, 0.25) is 0 Å². The predicted molar refractivity (Wildman–Crippen MR) is 97.5 cm³/mol. The number of rotatable bonds is 4. The molecule has 1 atom stereocenters. The molecule has 2 N–H and O–H groups in total. The molecule has 0 spiro atoms. The molecule has 1 unspecified atom stereocenters. The molecular formula is C19H24N4O2. The fourth-order valence-corrected chi connectivity index (χ4v) is 3.32. The highest BCUT2D eigenvalue weighted by Gasteiger charge is 2.37. The van der Waals surface area contributed by atoms with E-state index in [1.165, 1.54) is 10.8 Å². The molecule has 1 amide bonds. The Labute approximate surface area is 147 Å². The predicted octanol–water partition coefficient (Wildman–Crippen LogP) is 2.01. The molecule has 2 aromatic rings. The van der Waals surface area contributed by atoms with Gasteiger partial charge in [-0.2, -0.15) is 0 Å². The number of nitrogens with zero attached hydrogens (tertiary/aromatic N) is 2. The van der Waals surface area contributed by atoms with Crippen LogP contribution in [0, 0.1) is 5.41 Å². The summed E-state index contributed by atoms with van der Waals surface area (Å²) in [6, 6.07) is 9.09. The van der Waals surface area contributed by atoms with Crippen LogP contribution in [0.5, 0.6) is 0 Å². The van der Waals surface area contributed by atoms with Crippen LogP contribution in [0.25, 0.3) is 0 Å². The number of benzene rings is 1. The number of carbonyl (C=O) groups is 1. The first kappa shape index (κ1) is 17.4. The Hall–Kier alpha value is -2.47. The molecule has 1 saturated heterocycles. The van der Waals surface area contributed by atoms with Crippen LogP contribution in [-0.2, 0) is 11.3 Å². The summed E-state index contributed by atoms with van der Waals surface area (Å²) in [6.45, 7) is 5.53. The first-order valence-corrected chi connectivity index (χ1v) is 8.60. The normalized spacial score (nSPS) is 19.4. The van der Waals surface area contributed by atoms with Gasteiger partial charge in [0.2, 0.25) is 5.91 Å². The van der Waals surface area contributed by atoms with Crippen LogP contribution in [-0.4, -0.2) is 28.0 Å². The number of hydrogen-bond acceptors (Lipinski definition) is 4. The topological polar surface area (TPSA) is 76.0 Å². The maximum Gasteiger partial charge on any atom is 0.347 e. The third kappa shape index (κ3) is 4.14. The Kier molecular flexibility index (Phi) is 4.99. The lowest BCUT2D eigenvalue weighted by Gasteiger charge is -2.38. The van der Waals surface area contributed by atoms with Crippen molar-refractivity contribution < 1.29 is 4.79 Å². The second-order valence-electron chi connectivity index (χ2n) is 7.20. The van der Waals surface area contributed by atoms with Crippen LogP contribution in [0.4, 0.5) is 5.69 Å². The number of amides is 1. The summed E-state index contributed by atoms with van der Waals surface area (Å²) in [5.74, 6) is -0.0135. The summed E-state index contributed by atoms with van der Waals surface area (Å²) in [5, 5.41) is 6.33. The first-order chi connectivity index (χ1) is 12.0. The molecule has 1 aliphatic rings. The van der Waals surface area contributed by atoms with Gasteiger partial charge in [0.05, 0.1) is 12.6 Å². The first-order valence-electron chi connectivity index (χ1n) is 8.60. The Morgan fingerprint density at radius 2 is 2.24 bits per heavy atom. The van der Waals surface area contributed by atoms with E-state index in [0.29, 0.717) is 6.54 Å². The van der Waals surface area contributed by atoms with E-state index in [-0.39, 0.29) is 23.1 Å². The quantitative estimate of drug-likeness (QED) is 0.893. The van der Waals surface area contributed by atoms with Gasteiger partial charge in [-0.1, -0.05) is 26.0 Å². The van der Waals surface area contributed by atoms with Gasteiger partial charge in [-0.3, -0.25) is 9.36 Å². The zero-order chi connectivity index (χ0) is 17.9. The molecule has 1 aromatic carbocycles. The maximum atomic E-state index is 12.7. The molecule has 25 heavy (non-hydrogen) atoms. The Balaban J connectivity index is 1.72. The van der Waals surface area contributed by atoms with Crippen molar-refractivity contribution in [1.29, 1.82) is 0 Å². The van der Waals surface area contributed by atoms with E-state index in [0.717, 1.165) is 30.6 Å². The maximum absolute atomic E-state index is 12.7. The van der Waals surface area contributed by atoms with E-state index < -0.39 is 0 Å². The van der Waals surface area contributed by atoms with Crippen molar-refractivity contribution in [3.8, 4) is 0 Å². The lowest BCUT2D eigenvalue weighted by atomic mass is 9.77. The highest BCUT2D eigenvalue weighted by Crippen LogP contribution is 2.30. The van der Waals surface area contributed by atoms with Crippen LogP contribution < -0.4 is 16.3 Å². The number of nitrogens with one attached hydrogen (secondary N) is 2. The van der Waals surface area contributed by atoms with E-state index in [2.05, 4.69) is 29.5 Å². The van der Waals surface area contributed by atoms with Crippen LogP contribution >= 0.6 is 0 Å². The van der Waals surface area contributed by atoms with Crippen molar-refractivity contribution >= 4 is 11.6 Å². The molecule has 0 bridgehead atoms. The molecule has 132 valence electrons. The smallest absolute Gasteiger partial charge is 0.325 e. The molecule has 1 fully saturated rings. The number of anilines is 1. The van der Waals surface area contributed by atoms with Crippen LogP contribution in [0.1, 0.15) is 32.3 Å². The fourth-order valence-electron chi connectivity index (χ4n) is 3.32. The van der Waals surface area contributed by atoms with Gasteiger partial charge in [0.25, 0.3) is 0 Å². The monoisotopic (exact) mass is 340 g/mol. The summed E-state index contributed by atoms with van der Waals surface area (Å²) in [4.78, 5) is 28.2. The molecule has 1 aromatic heterocycles. The summed E-state index contributed by atoms with van der Waals surface area (Å²) >= 11 is 0. The second kappa shape index (κ2) is 7.19. The zero-order valence-corrected chi connectivity index (χ0v) is 14.7. The number of carbonyl (C=O) groups excluding carboxylic acids is 1. The largest absolute Gasteiger partial charge is 0.347 e. The SMILES string of the molecule is CC1(C)CCCNC1C(=O)Nc1cccc(Cn2cccnc2=O)c1. The molecule has 6 heteroatoms. The number of hydrogen-bond donors (Lipinski definition) is 2. The van der Waals surface area contributed by atoms with E-state index in [4.69, 9.17) is 0 Å². The molecule has 2 heterocycles. The van der Waals surface area contributed by atoms with Crippen molar-refractivity contribution in [3.63, 3.8) is 0 Å².